The lowest BCUT2D eigenvalue weighted by Gasteiger charge is -2.34. The third kappa shape index (κ3) is 3.64. The van der Waals surface area contributed by atoms with Crippen molar-refractivity contribution in [2.24, 2.45) is 5.92 Å². The number of hydrogen-bond acceptors (Lipinski definition) is 2. The minimum absolute atomic E-state index is 0. The SMILES string of the molecule is Cl.FC(F)(F)C1CCCN(Cc2cccc3c2NCC3)C1. The molecular weight excluding hydrogens is 301 g/mol. The normalized spacial score (nSPS) is 22.3. The van der Waals surface area contributed by atoms with Crippen LogP contribution < -0.4 is 5.32 Å². The van der Waals surface area contributed by atoms with E-state index in [1.807, 2.05) is 17.0 Å². The van der Waals surface area contributed by atoms with Crippen molar-refractivity contribution in [3.8, 4) is 0 Å². The number of halogens is 4. The monoisotopic (exact) mass is 320 g/mol. The molecule has 1 aromatic carbocycles. The Morgan fingerprint density at radius 2 is 2.10 bits per heavy atom. The minimum atomic E-state index is -4.06. The molecule has 1 atom stereocenters. The Labute approximate surface area is 129 Å². The quantitative estimate of drug-likeness (QED) is 0.890. The Hall–Kier alpha value is -0.940. The van der Waals surface area contributed by atoms with Crippen LogP contribution in [0, 0.1) is 5.92 Å². The fourth-order valence-electron chi connectivity index (χ4n) is 3.25. The molecular formula is C15H20ClF3N2. The summed E-state index contributed by atoms with van der Waals surface area (Å²) in [6.45, 7) is 2.43. The molecule has 1 fully saturated rings. The highest BCUT2D eigenvalue weighted by Gasteiger charge is 2.41. The smallest absolute Gasteiger partial charge is 0.384 e. The molecule has 118 valence electrons. The lowest BCUT2D eigenvalue weighted by Crippen LogP contribution is -2.41. The maximum absolute atomic E-state index is 12.8. The Bertz CT molecular complexity index is 490. The van der Waals surface area contributed by atoms with Crippen LogP contribution in [0.2, 0.25) is 0 Å². The van der Waals surface area contributed by atoms with Crippen molar-refractivity contribution in [1.82, 2.24) is 4.90 Å². The van der Waals surface area contributed by atoms with Crippen molar-refractivity contribution in [2.75, 3.05) is 25.0 Å². The summed E-state index contributed by atoms with van der Waals surface area (Å²) in [6, 6.07) is 6.12. The standard InChI is InChI=1S/C15H19F3N2.ClH/c16-15(17,18)13-5-2-8-20(10-13)9-12-4-1-3-11-6-7-19-14(11)12;/h1,3-4,13,19H,2,5-10H2;1H. The van der Waals surface area contributed by atoms with Crippen LogP contribution in [0.3, 0.4) is 0 Å². The van der Waals surface area contributed by atoms with Crippen LogP contribution >= 0.6 is 12.4 Å². The molecule has 2 heterocycles. The summed E-state index contributed by atoms with van der Waals surface area (Å²) in [6.07, 6.45) is -2.15. The molecule has 1 unspecified atom stereocenters. The van der Waals surface area contributed by atoms with Crippen LogP contribution in [-0.4, -0.2) is 30.7 Å². The molecule has 0 amide bonds. The van der Waals surface area contributed by atoms with Gasteiger partial charge in [-0.25, -0.2) is 0 Å². The van der Waals surface area contributed by atoms with Gasteiger partial charge in [-0.1, -0.05) is 18.2 Å². The van der Waals surface area contributed by atoms with Crippen molar-refractivity contribution in [1.29, 1.82) is 0 Å². The maximum Gasteiger partial charge on any atom is 0.393 e. The number of para-hydroxylation sites is 1. The number of nitrogens with one attached hydrogen (secondary N) is 1. The van der Waals surface area contributed by atoms with E-state index >= 15 is 0 Å². The number of fused-ring (bicyclic) bond motifs is 1. The van der Waals surface area contributed by atoms with Gasteiger partial charge in [0.15, 0.2) is 0 Å². The first-order valence-electron chi connectivity index (χ1n) is 7.18. The number of hydrogen-bond donors (Lipinski definition) is 1. The second-order valence-electron chi connectivity index (χ2n) is 5.74. The van der Waals surface area contributed by atoms with Gasteiger partial charge in [-0.2, -0.15) is 13.2 Å². The molecule has 2 aliphatic heterocycles. The van der Waals surface area contributed by atoms with E-state index in [0.717, 1.165) is 30.8 Å². The highest BCUT2D eigenvalue weighted by atomic mass is 35.5. The molecule has 0 spiro atoms. The summed E-state index contributed by atoms with van der Waals surface area (Å²) in [5.41, 5.74) is 3.55. The van der Waals surface area contributed by atoms with Crippen LogP contribution in [0.25, 0.3) is 0 Å². The van der Waals surface area contributed by atoms with E-state index in [0.29, 0.717) is 13.0 Å². The molecule has 0 saturated carbocycles. The molecule has 0 radical (unpaired) electrons. The molecule has 0 aromatic heterocycles. The van der Waals surface area contributed by atoms with E-state index in [1.165, 1.54) is 5.56 Å². The van der Waals surface area contributed by atoms with Crippen molar-refractivity contribution < 1.29 is 13.2 Å². The first-order chi connectivity index (χ1) is 9.54. The van der Waals surface area contributed by atoms with Crippen LogP contribution in [0.15, 0.2) is 18.2 Å². The molecule has 2 nitrogen and oxygen atoms in total. The summed E-state index contributed by atoms with van der Waals surface area (Å²) < 4.78 is 38.5. The zero-order valence-electron chi connectivity index (χ0n) is 11.7. The third-order valence-corrected chi connectivity index (χ3v) is 4.30. The molecule has 2 aliphatic rings. The predicted octanol–water partition coefficient (Wildman–Crippen LogP) is 3.85. The lowest BCUT2D eigenvalue weighted by molar-refractivity contribution is -0.187. The predicted molar refractivity (Wildman–Crippen MR) is 79.9 cm³/mol. The Balaban J connectivity index is 0.00000161. The molecule has 1 aromatic rings. The highest BCUT2D eigenvalue weighted by molar-refractivity contribution is 5.85. The van der Waals surface area contributed by atoms with Gasteiger partial charge < -0.3 is 5.32 Å². The maximum atomic E-state index is 12.8. The van der Waals surface area contributed by atoms with Crippen LogP contribution in [-0.2, 0) is 13.0 Å². The molecule has 6 heteroatoms. The molecule has 0 aliphatic carbocycles. The fraction of sp³-hybridized carbons (Fsp3) is 0.600. The van der Waals surface area contributed by atoms with Crippen molar-refractivity contribution in [2.45, 2.75) is 32.0 Å². The van der Waals surface area contributed by atoms with Gasteiger partial charge in [0.25, 0.3) is 0 Å². The van der Waals surface area contributed by atoms with Gasteiger partial charge in [0.2, 0.25) is 0 Å². The number of likely N-dealkylation sites (tertiary alicyclic amines) is 1. The third-order valence-electron chi connectivity index (χ3n) is 4.30. The average Bonchev–Trinajstić information content (AvgIpc) is 2.87. The van der Waals surface area contributed by atoms with Crippen molar-refractivity contribution in [3.05, 3.63) is 29.3 Å². The largest absolute Gasteiger partial charge is 0.393 e. The first kappa shape index (κ1) is 16.4. The number of nitrogens with zero attached hydrogens (tertiary/aromatic N) is 1. The zero-order valence-corrected chi connectivity index (χ0v) is 12.6. The number of alkyl halides is 3. The topological polar surface area (TPSA) is 15.3 Å². The van der Waals surface area contributed by atoms with Gasteiger partial charge in [-0.15, -0.1) is 12.4 Å². The molecule has 3 rings (SSSR count). The fourth-order valence-corrected chi connectivity index (χ4v) is 3.25. The van der Waals surface area contributed by atoms with E-state index < -0.39 is 12.1 Å². The van der Waals surface area contributed by atoms with E-state index in [4.69, 9.17) is 0 Å². The summed E-state index contributed by atoms with van der Waals surface area (Å²) >= 11 is 0. The van der Waals surface area contributed by atoms with E-state index in [-0.39, 0.29) is 25.4 Å². The Kier molecular flexibility index (Phi) is 5.04. The molecule has 1 saturated heterocycles. The van der Waals surface area contributed by atoms with Gasteiger partial charge in [-0.3, -0.25) is 4.90 Å². The second-order valence-corrected chi connectivity index (χ2v) is 5.74. The van der Waals surface area contributed by atoms with Gasteiger partial charge in [-0.05, 0) is 36.9 Å². The molecule has 1 N–H and O–H groups in total. The number of rotatable bonds is 2. The summed E-state index contributed by atoms with van der Waals surface area (Å²) in [7, 11) is 0. The van der Waals surface area contributed by atoms with Crippen molar-refractivity contribution in [3.63, 3.8) is 0 Å². The zero-order chi connectivity index (χ0) is 14.2. The second kappa shape index (κ2) is 6.44. The number of benzene rings is 1. The number of piperidine rings is 1. The highest BCUT2D eigenvalue weighted by Crippen LogP contribution is 2.34. The van der Waals surface area contributed by atoms with E-state index in [9.17, 15) is 13.2 Å². The van der Waals surface area contributed by atoms with E-state index in [1.54, 1.807) is 0 Å². The van der Waals surface area contributed by atoms with Gasteiger partial charge >= 0.3 is 6.18 Å². The first-order valence-corrected chi connectivity index (χ1v) is 7.18. The summed E-state index contributed by atoms with van der Waals surface area (Å²) in [5, 5.41) is 3.35. The van der Waals surface area contributed by atoms with Gasteiger partial charge in [0.05, 0.1) is 5.92 Å². The van der Waals surface area contributed by atoms with Gasteiger partial charge in [0.1, 0.15) is 0 Å². The average molecular weight is 321 g/mol. The number of anilines is 1. The van der Waals surface area contributed by atoms with Crippen molar-refractivity contribution >= 4 is 18.1 Å². The van der Waals surface area contributed by atoms with Crippen LogP contribution in [0.1, 0.15) is 24.0 Å². The summed E-state index contributed by atoms with van der Waals surface area (Å²) in [4.78, 5) is 1.94. The van der Waals surface area contributed by atoms with Crippen LogP contribution in [0.5, 0.6) is 0 Å². The van der Waals surface area contributed by atoms with Crippen LogP contribution in [0.4, 0.5) is 18.9 Å². The van der Waals surface area contributed by atoms with Gasteiger partial charge in [0, 0.05) is 25.3 Å². The minimum Gasteiger partial charge on any atom is -0.384 e. The van der Waals surface area contributed by atoms with E-state index in [2.05, 4.69) is 11.4 Å². The molecule has 21 heavy (non-hydrogen) atoms. The Morgan fingerprint density at radius 1 is 1.29 bits per heavy atom. The lowest BCUT2D eigenvalue weighted by atomic mass is 9.96. The Morgan fingerprint density at radius 3 is 2.86 bits per heavy atom. The molecule has 0 bridgehead atoms. The summed E-state index contributed by atoms with van der Waals surface area (Å²) in [5.74, 6) is -1.17.